The molecule has 1 rings (SSSR count). The molecule has 2 atom stereocenters. The molecule has 0 aliphatic carbocycles. The zero-order chi connectivity index (χ0) is 11.8. The number of rotatable bonds is 8. The van der Waals surface area contributed by atoms with Crippen molar-refractivity contribution in [2.75, 3.05) is 13.2 Å². The van der Waals surface area contributed by atoms with Crippen LogP contribution in [0.3, 0.4) is 0 Å². The molecule has 1 heterocycles. The fourth-order valence-electron chi connectivity index (χ4n) is 1.98. The van der Waals surface area contributed by atoms with Crippen LogP contribution in [0, 0.1) is 0 Å². The summed E-state index contributed by atoms with van der Waals surface area (Å²) in [7, 11) is 0. The highest BCUT2D eigenvalue weighted by Crippen LogP contribution is 2.23. The van der Waals surface area contributed by atoms with Gasteiger partial charge >= 0.3 is 0 Å². The lowest BCUT2D eigenvalue weighted by Gasteiger charge is -2.26. The number of ether oxygens (including phenoxy) is 1. The van der Waals surface area contributed by atoms with E-state index in [1.807, 2.05) is 13.0 Å². The van der Waals surface area contributed by atoms with Crippen LogP contribution in [0.5, 0.6) is 0 Å². The Morgan fingerprint density at radius 3 is 2.69 bits per heavy atom. The molecule has 0 spiro atoms. The summed E-state index contributed by atoms with van der Waals surface area (Å²) >= 11 is 0. The smallest absolute Gasteiger partial charge is 0.0951 e. The minimum atomic E-state index is 0.229. The molecule has 1 aromatic heterocycles. The molecule has 2 unspecified atom stereocenters. The number of furan rings is 1. The topological polar surface area (TPSA) is 34.4 Å². The number of hydrogen-bond acceptors (Lipinski definition) is 3. The van der Waals surface area contributed by atoms with E-state index in [-0.39, 0.29) is 12.1 Å². The van der Waals surface area contributed by atoms with Gasteiger partial charge in [-0.3, -0.25) is 0 Å². The molecule has 92 valence electrons. The normalized spacial score (nSPS) is 14.9. The monoisotopic (exact) mass is 225 g/mol. The van der Waals surface area contributed by atoms with Gasteiger partial charge in [-0.1, -0.05) is 20.3 Å². The quantitative estimate of drug-likeness (QED) is 0.738. The highest BCUT2D eigenvalue weighted by Gasteiger charge is 2.22. The molecule has 3 nitrogen and oxygen atoms in total. The van der Waals surface area contributed by atoms with Gasteiger partial charge in [-0.2, -0.15) is 0 Å². The third-order valence-corrected chi connectivity index (χ3v) is 2.65. The Morgan fingerprint density at radius 2 is 2.19 bits per heavy atom. The Hall–Kier alpha value is -0.800. The number of likely N-dealkylation sites (N-methyl/N-ethyl adjacent to an activating group) is 1. The van der Waals surface area contributed by atoms with Crippen molar-refractivity contribution in [1.29, 1.82) is 0 Å². The fourth-order valence-corrected chi connectivity index (χ4v) is 1.98. The summed E-state index contributed by atoms with van der Waals surface area (Å²) in [5.41, 5.74) is 1.17. The number of hydrogen-bond donors (Lipinski definition) is 1. The van der Waals surface area contributed by atoms with Crippen molar-refractivity contribution < 1.29 is 9.15 Å². The minimum absolute atomic E-state index is 0.229. The third-order valence-electron chi connectivity index (χ3n) is 2.65. The largest absolute Gasteiger partial charge is 0.472 e. The lowest BCUT2D eigenvalue weighted by Crippen LogP contribution is -2.33. The van der Waals surface area contributed by atoms with E-state index < -0.39 is 0 Å². The standard InChI is InChI=1S/C13H23NO2/c1-4-7-12(16-6-3)13(14-5-2)11-8-9-15-10-11/h8-10,12-14H,4-7H2,1-3H3. The van der Waals surface area contributed by atoms with Crippen molar-refractivity contribution in [3.63, 3.8) is 0 Å². The van der Waals surface area contributed by atoms with E-state index in [0.717, 1.165) is 26.0 Å². The summed E-state index contributed by atoms with van der Waals surface area (Å²) in [4.78, 5) is 0. The van der Waals surface area contributed by atoms with Crippen LogP contribution in [0.4, 0.5) is 0 Å². The van der Waals surface area contributed by atoms with Crippen molar-refractivity contribution in [1.82, 2.24) is 5.32 Å². The van der Waals surface area contributed by atoms with Crippen molar-refractivity contribution in [2.24, 2.45) is 0 Å². The van der Waals surface area contributed by atoms with E-state index in [0.29, 0.717) is 0 Å². The molecule has 0 bridgehead atoms. The van der Waals surface area contributed by atoms with Gasteiger partial charge in [0.05, 0.1) is 24.7 Å². The molecule has 0 saturated carbocycles. The predicted molar refractivity (Wildman–Crippen MR) is 65.4 cm³/mol. The fraction of sp³-hybridized carbons (Fsp3) is 0.692. The van der Waals surface area contributed by atoms with Gasteiger partial charge in [0.1, 0.15) is 0 Å². The second-order valence-corrected chi connectivity index (χ2v) is 3.87. The van der Waals surface area contributed by atoms with E-state index in [9.17, 15) is 0 Å². The Balaban J connectivity index is 2.72. The molecule has 16 heavy (non-hydrogen) atoms. The van der Waals surface area contributed by atoms with Crippen molar-refractivity contribution in [3.8, 4) is 0 Å². The lowest BCUT2D eigenvalue weighted by atomic mass is 10.0. The molecule has 1 N–H and O–H groups in total. The molecule has 3 heteroatoms. The minimum Gasteiger partial charge on any atom is -0.472 e. The zero-order valence-corrected chi connectivity index (χ0v) is 10.5. The van der Waals surface area contributed by atoms with Crippen molar-refractivity contribution in [2.45, 2.75) is 45.8 Å². The summed E-state index contributed by atoms with van der Waals surface area (Å²) in [6.45, 7) is 8.03. The van der Waals surface area contributed by atoms with Gasteiger partial charge in [-0.15, -0.1) is 0 Å². The molecule has 0 fully saturated rings. The van der Waals surface area contributed by atoms with Crippen LogP contribution in [0.25, 0.3) is 0 Å². The molecule has 0 radical (unpaired) electrons. The lowest BCUT2D eigenvalue weighted by molar-refractivity contribution is 0.0278. The van der Waals surface area contributed by atoms with Crippen molar-refractivity contribution in [3.05, 3.63) is 24.2 Å². The van der Waals surface area contributed by atoms with Crippen LogP contribution in [0.1, 0.15) is 45.2 Å². The predicted octanol–water partition coefficient (Wildman–Crippen LogP) is 3.14. The first kappa shape index (κ1) is 13.3. The average Bonchev–Trinajstić information content (AvgIpc) is 2.79. The van der Waals surface area contributed by atoms with Gasteiger partial charge in [0, 0.05) is 12.2 Å². The van der Waals surface area contributed by atoms with Gasteiger partial charge in [-0.05, 0) is 26.0 Å². The summed E-state index contributed by atoms with van der Waals surface area (Å²) in [5, 5.41) is 3.47. The molecule has 0 aliphatic heterocycles. The maximum atomic E-state index is 5.82. The highest BCUT2D eigenvalue weighted by molar-refractivity contribution is 5.13. The molecule has 0 aliphatic rings. The molecule has 0 amide bonds. The average molecular weight is 225 g/mol. The second-order valence-electron chi connectivity index (χ2n) is 3.87. The third kappa shape index (κ3) is 3.65. The van der Waals surface area contributed by atoms with Crippen molar-refractivity contribution >= 4 is 0 Å². The van der Waals surface area contributed by atoms with E-state index in [2.05, 4.69) is 19.2 Å². The second kappa shape index (κ2) is 7.47. The van der Waals surface area contributed by atoms with E-state index in [1.54, 1.807) is 12.5 Å². The molecular weight excluding hydrogens is 202 g/mol. The summed E-state index contributed by atoms with van der Waals surface area (Å²) in [6, 6.07) is 2.25. The Labute approximate surface area is 98.2 Å². The van der Waals surface area contributed by atoms with Gasteiger partial charge in [0.25, 0.3) is 0 Å². The Bertz CT molecular complexity index is 253. The van der Waals surface area contributed by atoms with E-state index in [1.165, 1.54) is 5.56 Å². The maximum Gasteiger partial charge on any atom is 0.0951 e. The first-order valence-electron chi connectivity index (χ1n) is 6.20. The Kier molecular flexibility index (Phi) is 6.19. The van der Waals surface area contributed by atoms with Crippen LogP contribution in [-0.4, -0.2) is 19.3 Å². The first-order chi connectivity index (χ1) is 7.83. The molecular formula is C13H23NO2. The van der Waals surface area contributed by atoms with Gasteiger partial charge in [0.2, 0.25) is 0 Å². The highest BCUT2D eigenvalue weighted by atomic mass is 16.5. The van der Waals surface area contributed by atoms with Crippen LogP contribution in [-0.2, 0) is 4.74 Å². The Morgan fingerprint density at radius 1 is 1.38 bits per heavy atom. The molecule has 0 aromatic carbocycles. The maximum absolute atomic E-state index is 5.82. The van der Waals surface area contributed by atoms with Crippen LogP contribution < -0.4 is 5.32 Å². The summed E-state index contributed by atoms with van der Waals surface area (Å²) < 4.78 is 11.0. The van der Waals surface area contributed by atoms with Gasteiger partial charge < -0.3 is 14.5 Å². The van der Waals surface area contributed by atoms with Gasteiger partial charge in [0.15, 0.2) is 0 Å². The van der Waals surface area contributed by atoms with Crippen LogP contribution in [0.2, 0.25) is 0 Å². The van der Waals surface area contributed by atoms with Gasteiger partial charge in [-0.25, -0.2) is 0 Å². The van der Waals surface area contributed by atoms with E-state index >= 15 is 0 Å². The summed E-state index contributed by atoms with van der Waals surface area (Å²) in [6.07, 6.45) is 5.94. The molecule has 1 aromatic rings. The molecule has 0 saturated heterocycles. The summed E-state index contributed by atoms with van der Waals surface area (Å²) in [5.74, 6) is 0. The number of nitrogens with one attached hydrogen (secondary N) is 1. The van der Waals surface area contributed by atoms with Crippen LogP contribution >= 0.6 is 0 Å². The SMILES string of the molecule is CCCC(OCC)C(NCC)c1ccoc1. The first-order valence-corrected chi connectivity index (χ1v) is 6.20. The van der Waals surface area contributed by atoms with Crippen LogP contribution in [0.15, 0.2) is 23.0 Å². The van der Waals surface area contributed by atoms with E-state index in [4.69, 9.17) is 9.15 Å². The zero-order valence-electron chi connectivity index (χ0n) is 10.5.